The van der Waals surface area contributed by atoms with Crippen LogP contribution in [0.4, 0.5) is 11.4 Å². The van der Waals surface area contributed by atoms with Gasteiger partial charge in [-0.25, -0.2) is 4.99 Å². The van der Waals surface area contributed by atoms with Crippen LogP contribution in [-0.2, 0) is 4.74 Å². The fraction of sp³-hybridized carbons (Fsp3) is 0.350. The summed E-state index contributed by atoms with van der Waals surface area (Å²) in [6.45, 7) is 11.2. The molecule has 1 heterocycles. The van der Waals surface area contributed by atoms with E-state index >= 15 is 0 Å². The Kier molecular flexibility index (Phi) is 3.88. The van der Waals surface area contributed by atoms with Gasteiger partial charge in [-0.1, -0.05) is 29.8 Å². The Morgan fingerprint density at radius 1 is 1.04 bits per heavy atom. The minimum atomic E-state index is -0.155. The molecule has 0 radical (unpaired) electrons. The summed E-state index contributed by atoms with van der Waals surface area (Å²) in [5, 5.41) is 3.58. The number of nitrogens with one attached hydrogen (secondary N) is 1. The minimum absolute atomic E-state index is 0.155. The van der Waals surface area contributed by atoms with Crippen LogP contribution in [0.5, 0.6) is 0 Å². The van der Waals surface area contributed by atoms with Crippen LogP contribution < -0.4 is 5.32 Å². The highest BCUT2D eigenvalue weighted by Crippen LogP contribution is 2.30. The quantitative estimate of drug-likeness (QED) is 0.874. The highest BCUT2D eigenvalue weighted by molar-refractivity contribution is 6.01. The van der Waals surface area contributed by atoms with E-state index in [1.165, 1.54) is 16.7 Å². The molecule has 0 fully saturated rings. The molecular weight excluding hydrogens is 284 g/mol. The number of aliphatic imine (C=N–C) groups is 1. The summed E-state index contributed by atoms with van der Waals surface area (Å²) < 4.78 is 5.82. The Morgan fingerprint density at radius 3 is 2.30 bits per heavy atom. The summed E-state index contributed by atoms with van der Waals surface area (Å²) in [7, 11) is 0. The highest BCUT2D eigenvalue weighted by atomic mass is 16.5. The maximum absolute atomic E-state index is 5.82. The molecule has 3 rings (SSSR count). The molecule has 0 bridgehead atoms. The van der Waals surface area contributed by atoms with Gasteiger partial charge >= 0.3 is 0 Å². The third-order valence-corrected chi connectivity index (χ3v) is 4.06. The Morgan fingerprint density at radius 2 is 1.70 bits per heavy atom. The van der Waals surface area contributed by atoms with Crippen molar-refractivity contribution in [2.24, 2.45) is 4.99 Å². The second-order valence-electron chi connectivity index (χ2n) is 6.96. The molecule has 0 unspecified atom stereocenters. The first-order chi connectivity index (χ1) is 10.9. The standard InChI is InChI=1S/C20H24N2O/c1-13-10-14(2)18(15(3)11-13)21-17-9-7-6-8-16(17)19-22-20(4,5)12-23-19/h6-11,21H,12H2,1-5H3. The van der Waals surface area contributed by atoms with Gasteiger partial charge in [0, 0.05) is 5.69 Å². The van der Waals surface area contributed by atoms with Crippen molar-refractivity contribution >= 4 is 17.3 Å². The predicted molar refractivity (Wildman–Crippen MR) is 96.9 cm³/mol. The minimum Gasteiger partial charge on any atom is -0.475 e. The van der Waals surface area contributed by atoms with Gasteiger partial charge in [-0.2, -0.15) is 0 Å². The normalized spacial score (nSPS) is 16.0. The SMILES string of the molecule is Cc1cc(C)c(Nc2ccccc2C2=NC(C)(C)CO2)c(C)c1. The van der Waals surface area contributed by atoms with Crippen LogP contribution in [0.15, 0.2) is 41.4 Å². The molecule has 0 saturated carbocycles. The molecule has 2 aromatic rings. The molecule has 2 aromatic carbocycles. The van der Waals surface area contributed by atoms with Crippen LogP contribution >= 0.6 is 0 Å². The molecule has 0 spiro atoms. The molecule has 3 nitrogen and oxygen atoms in total. The molecule has 0 amide bonds. The van der Waals surface area contributed by atoms with Crippen LogP contribution in [0.1, 0.15) is 36.1 Å². The van der Waals surface area contributed by atoms with Gasteiger partial charge in [0.2, 0.25) is 5.90 Å². The van der Waals surface area contributed by atoms with Crippen molar-refractivity contribution in [2.45, 2.75) is 40.2 Å². The maximum atomic E-state index is 5.82. The van der Waals surface area contributed by atoms with Crippen molar-refractivity contribution in [3.63, 3.8) is 0 Å². The van der Waals surface area contributed by atoms with E-state index in [0.717, 1.165) is 22.8 Å². The molecule has 0 saturated heterocycles. The molecule has 0 aromatic heterocycles. The lowest BCUT2D eigenvalue weighted by Gasteiger charge is -2.16. The fourth-order valence-electron chi connectivity index (χ4n) is 3.01. The lowest BCUT2D eigenvalue weighted by atomic mass is 10.0. The zero-order chi connectivity index (χ0) is 16.6. The fourth-order valence-corrected chi connectivity index (χ4v) is 3.01. The number of ether oxygens (including phenoxy) is 1. The Balaban J connectivity index is 2.00. The Bertz CT molecular complexity index is 752. The number of anilines is 2. The van der Waals surface area contributed by atoms with Gasteiger partial charge in [0.15, 0.2) is 0 Å². The molecule has 1 aliphatic rings. The second kappa shape index (κ2) is 5.73. The lowest BCUT2D eigenvalue weighted by molar-refractivity contribution is 0.279. The lowest BCUT2D eigenvalue weighted by Crippen LogP contribution is -2.17. The van der Waals surface area contributed by atoms with Crippen molar-refractivity contribution in [3.05, 3.63) is 58.7 Å². The van der Waals surface area contributed by atoms with Crippen LogP contribution in [0.3, 0.4) is 0 Å². The largest absolute Gasteiger partial charge is 0.475 e. The van der Waals surface area contributed by atoms with Crippen molar-refractivity contribution in [1.82, 2.24) is 0 Å². The molecular formula is C20H24N2O. The van der Waals surface area contributed by atoms with E-state index in [2.05, 4.69) is 64.2 Å². The number of rotatable bonds is 3. The van der Waals surface area contributed by atoms with Gasteiger partial charge in [-0.05, 0) is 57.9 Å². The smallest absolute Gasteiger partial charge is 0.218 e. The zero-order valence-corrected chi connectivity index (χ0v) is 14.5. The zero-order valence-electron chi connectivity index (χ0n) is 14.5. The third kappa shape index (κ3) is 3.24. The molecule has 1 N–H and O–H groups in total. The first-order valence-electron chi connectivity index (χ1n) is 8.03. The summed E-state index contributed by atoms with van der Waals surface area (Å²) in [6, 6.07) is 12.6. The molecule has 0 atom stereocenters. The average Bonchev–Trinajstić information content (AvgIpc) is 2.83. The number of nitrogens with zero attached hydrogens (tertiary/aromatic N) is 1. The molecule has 1 aliphatic heterocycles. The second-order valence-corrected chi connectivity index (χ2v) is 6.96. The highest BCUT2D eigenvalue weighted by Gasteiger charge is 2.28. The predicted octanol–water partition coefficient (Wildman–Crippen LogP) is 4.91. The van der Waals surface area contributed by atoms with Gasteiger partial charge in [-0.3, -0.25) is 0 Å². The van der Waals surface area contributed by atoms with Gasteiger partial charge in [0.05, 0.1) is 16.8 Å². The third-order valence-electron chi connectivity index (χ3n) is 4.06. The van der Waals surface area contributed by atoms with Crippen molar-refractivity contribution in [2.75, 3.05) is 11.9 Å². The van der Waals surface area contributed by atoms with Crippen LogP contribution in [-0.4, -0.2) is 18.0 Å². The van der Waals surface area contributed by atoms with Crippen LogP contribution in [0.25, 0.3) is 0 Å². The van der Waals surface area contributed by atoms with E-state index in [9.17, 15) is 0 Å². The molecule has 23 heavy (non-hydrogen) atoms. The van der Waals surface area contributed by atoms with Crippen LogP contribution in [0, 0.1) is 20.8 Å². The van der Waals surface area contributed by atoms with Gasteiger partial charge < -0.3 is 10.1 Å². The van der Waals surface area contributed by atoms with E-state index in [1.54, 1.807) is 0 Å². The van der Waals surface area contributed by atoms with Gasteiger partial charge in [-0.15, -0.1) is 0 Å². The Hall–Kier alpha value is -2.29. The molecule has 3 heteroatoms. The van der Waals surface area contributed by atoms with Crippen LogP contribution in [0.2, 0.25) is 0 Å². The summed E-state index contributed by atoms with van der Waals surface area (Å²) >= 11 is 0. The van der Waals surface area contributed by atoms with Crippen molar-refractivity contribution in [1.29, 1.82) is 0 Å². The summed E-state index contributed by atoms with van der Waals surface area (Å²) in [5.74, 6) is 0.723. The number of benzene rings is 2. The van der Waals surface area contributed by atoms with E-state index in [-0.39, 0.29) is 5.54 Å². The first kappa shape index (κ1) is 15.6. The van der Waals surface area contributed by atoms with E-state index in [0.29, 0.717) is 6.61 Å². The monoisotopic (exact) mass is 308 g/mol. The van der Waals surface area contributed by atoms with Gasteiger partial charge in [0.1, 0.15) is 6.61 Å². The first-order valence-corrected chi connectivity index (χ1v) is 8.03. The topological polar surface area (TPSA) is 33.6 Å². The number of hydrogen-bond donors (Lipinski definition) is 1. The van der Waals surface area contributed by atoms with E-state index < -0.39 is 0 Å². The maximum Gasteiger partial charge on any atom is 0.218 e. The summed E-state index contributed by atoms with van der Waals surface area (Å²) in [4.78, 5) is 4.71. The molecule has 120 valence electrons. The Labute approximate surface area is 138 Å². The number of aryl methyl sites for hydroxylation is 3. The van der Waals surface area contributed by atoms with E-state index in [1.807, 2.05) is 12.1 Å². The van der Waals surface area contributed by atoms with Crippen molar-refractivity contribution in [3.8, 4) is 0 Å². The number of para-hydroxylation sites is 1. The van der Waals surface area contributed by atoms with Gasteiger partial charge in [0.25, 0.3) is 0 Å². The van der Waals surface area contributed by atoms with E-state index in [4.69, 9.17) is 9.73 Å². The average molecular weight is 308 g/mol. The number of hydrogen-bond acceptors (Lipinski definition) is 3. The summed E-state index contributed by atoms with van der Waals surface area (Å²) in [6.07, 6.45) is 0. The molecule has 0 aliphatic carbocycles. The summed E-state index contributed by atoms with van der Waals surface area (Å²) in [5.41, 5.74) is 6.80. The van der Waals surface area contributed by atoms with Crippen molar-refractivity contribution < 1.29 is 4.74 Å².